The van der Waals surface area contributed by atoms with E-state index >= 15 is 0 Å². The number of carbonyl (C=O) groups is 1. The van der Waals surface area contributed by atoms with E-state index < -0.39 is 0 Å². The van der Waals surface area contributed by atoms with Crippen molar-refractivity contribution in [1.82, 2.24) is 19.9 Å². The van der Waals surface area contributed by atoms with Crippen LogP contribution in [0.25, 0.3) is 11.4 Å². The van der Waals surface area contributed by atoms with Gasteiger partial charge in [0.25, 0.3) is 0 Å². The minimum absolute atomic E-state index is 0.212. The lowest BCUT2D eigenvalue weighted by atomic mass is 10.1. The molecular weight excluding hydrogens is 387 g/mol. The molecule has 0 spiro atoms. The summed E-state index contributed by atoms with van der Waals surface area (Å²) in [5.74, 6) is 1.03. The molecule has 2 aromatic rings. The molecule has 0 N–H and O–H groups in total. The van der Waals surface area contributed by atoms with Crippen LogP contribution in [-0.2, 0) is 11.2 Å². The first-order valence-corrected chi connectivity index (χ1v) is 10.7. The quantitative estimate of drug-likeness (QED) is 0.679. The molecule has 0 bridgehead atoms. The van der Waals surface area contributed by atoms with Crippen molar-refractivity contribution in [3.05, 3.63) is 35.5 Å². The SMILES string of the molecule is Cc1ccc(-c2noc(CCCN3CCCN(C(=O)OCC(C)C)CC3)n2)cc1F. The maximum atomic E-state index is 13.7. The molecule has 0 radical (unpaired) electrons. The van der Waals surface area contributed by atoms with E-state index in [1.807, 2.05) is 13.8 Å². The summed E-state index contributed by atoms with van der Waals surface area (Å²) in [6.45, 7) is 10.3. The normalized spacial score (nSPS) is 15.4. The number of amides is 1. The number of benzene rings is 1. The van der Waals surface area contributed by atoms with Gasteiger partial charge in [0.1, 0.15) is 5.82 Å². The lowest BCUT2D eigenvalue weighted by Gasteiger charge is -2.21. The molecular formula is C22H31FN4O3. The van der Waals surface area contributed by atoms with E-state index in [9.17, 15) is 9.18 Å². The van der Waals surface area contributed by atoms with Gasteiger partial charge in [0, 0.05) is 31.6 Å². The molecule has 1 saturated heterocycles. The third-order valence-electron chi connectivity index (χ3n) is 5.15. The third-order valence-corrected chi connectivity index (χ3v) is 5.15. The van der Waals surface area contributed by atoms with Crippen LogP contribution in [0, 0.1) is 18.7 Å². The molecule has 3 rings (SSSR count). The number of rotatable bonds is 7. The summed E-state index contributed by atoms with van der Waals surface area (Å²) in [4.78, 5) is 20.7. The zero-order valence-corrected chi connectivity index (χ0v) is 18.1. The molecule has 0 unspecified atom stereocenters. The smallest absolute Gasteiger partial charge is 0.409 e. The van der Waals surface area contributed by atoms with Gasteiger partial charge in [-0.3, -0.25) is 0 Å². The summed E-state index contributed by atoms with van der Waals surface area (Å²) in [7, 11) is 0. The number of carbonyl (C=O) groups excluding carboxylic acids is 1. The van der Waals surface area contributed by atoms with Gasteiger partial charge in [0.2, 0.25) is 11.7 Å². The predicted molar refractivity (Wildman–Crippen MR) is 112 cm³/mol. The monoisotopic (exact) mass is 418 g/mol. The van der Waals surface area contributed by atoms with Crippen molar-refractivity contribution in [2.45, 2.75) is 40.0 Å². The largest absolute Gasteiger partial charge is 0.449 e. The van der Waals surface area contributed by atoms with E-state index in [0.29, 0.717) is 48.3 Å². The van der Waals surface area contributed by atoms with Gasteiger partial charge in [0.15, 0.2) is 0 Å². The van der Waals surface area contributed by atoms with Gasteiger partial charge in [-0.05, 0) is 50.4 Å². The molecule has 0 atom stereocenters. The Kier molecular flexibility index (Phi) is 7.79. The van der Waals surface area contributed by atoms with E-state index in [0.717, 1.165) is 39.0 Å². The van der Waals surface area contributed by atoms with Crippen LogP contribution in [0.1, 0.15) is 38.1 Å². The molecule has 1 aromatic heterocycles. The maximum Gasteiger partial charge on any atom is 0.409 e. The highest BCUT2D eigenvalue weighted by Crippen LogP contribution is 2.19. The van der Waals surface area contributed by atoms with Crippen LogP contribution in [0.5, 0.6) is 0 Å². The summed E-state index contributed by atoms with van der Waals surface area (Å²) in [5, 5.41) is 3.97. The van der Waals surface area contributed by atoms with Gasteiger partial charge in [-0.15, -0.1) is 0 Å². The van der Waals surface area contributed by atoms with Crippen molar-refractivity contribution in [2.24, 2.45) is 5.92 Å². The Hall–Kier alpha value is -2.48. The minimum Gasteiger partial charge on any atom is -0.449 e. The average Bonchev–Trinajstić information content (AvgIpc) is 3.06. The van der Waals surface area contributed by atoms with Crippen LogP contribution in [0.15, 0.2) is 22.7 Å². The Morgan fingerprint density at radius 2 is 2.10 bits per heavy atom. The van der Waals surface area contributed by atoms with E-state index in [2.05, 4.69) is 15.0 Å². The number of hydrogen-bond acceptors (Lipinski definition) is 6. The fraction of sp³-hybridized carbons (Fsp3) is 0.591. The topological polar surface area (TPSA) is 71.7 Å². The number of ether oxygens (including phenoxy) is 1. The fourth-order valence-corrected chi connectivity index (χ4v) is 3.37. The Balaban J connectivity index is 1.43. The highest BCUT2D eigenvalue weighted by atomic mass is 19.1. The Bertz CT molecular complexity index is 840. The summed E-state index contributed by atoms with van der Waals surface area (Å²) in [6.07, 6.45) is 2.26. The Morgan fingerprint density at radius 1 is 1.27 bits per heavy atom. The first-order chi connectivity index (χ1) is 14.4. The molecule has 0 saturated carbocycles. The fourth-order valence-electron chi connectivity index (χ4n) is 3.37. The summed E-state index contributed by atoms with van der Waals surface area (Å²) in [5.41, 5.74) is 1.21. The molecule has 8 heteroatoms. The van der Waals surface area contributed by atoms with E-state index in [-0.39, 0.29) is 11.9 Å². The van der Waals surface area contributed by atoms with E-state index in [1.165, 1.54) is 6.07 Å². The van der Waals surface area contributed by atoms with Gasteiger partial charge in [0.05, 0.1) is 6.61 Å². The summed E-state index contributed by atoms with van der Waals surface area (Å²) < 4.78 is 24.4. The van der Waals surface area contributed by atoms with Crippen molar-refractivity contribution < 1.29 is 18.4 Å². The summed E-state index contributed by atoms with van der Waals surface area (Å²) >= 11 is 0. The van der Waals surface area contributed by atoms with Crippen LogP contribution in [0.3, 0.4) is 0 Å². The van der Waals surface area contributed by atoms with Crippen LogP contribution < -0.4 is 0 Å². The van der Waals surface area contributed by atoms with E-state index in [4.69, 9.17) is 9.26 Å². The minimum atomic E-state index is -0.276. The molecule has 1 fully saturated rings. The average molecular weight is 419 g/mol. The second-order valence-corrected chi connectivity index (χ2v) is 8.23. The van der Waals surface area contributed by atoms with Gasteiger partial charge < -0.3 is 19.1 Å². The zero-order valence-electron chi connectivity index (χ0n) is 18.1. The van der Waals surface area contributed by atoms with Gasteiger partial charge in [-0.25, -0.2) is 9.18 Å². The van der Waals surface area contributed by atoms with Gasteiger partial charge in [-0.2, -0.15) is 4.98 Å². The van der Waals surface area contributed by atoms with Crippen LogP contribution in [0.4, 0.5) is 9.18 Å². The Morgan fingerprint density at radius 3 is 2.87 bits per heavy atom. The first-order valence-electron chi connectivity index (χ1n) is 10.7. The standard InChI is InChI=1S/C22H31FN4O3/c1-16(2)15-29-22(28)27-11-5-10-26(12-13-27)9-4-6-20-24-21(25-30-20)18-8-7-17(3)19(23)14-18/h7-8,14,16H,4-6,9-13,15H2,1-3H3. The van der Waals surface area contributed by atoms with Crippen molar-refractivity contribution >= 4 is 6.09 Å². The molecule has 1 aromatic carbocycles. The number of aryl methyl sites for hydroxylation is 2. The van der Waals surface area contributed by atoms with Crippen molar-refractivity contribution in [3.63, 3.8) is 0 Å². The lowest BCUT2D eigenvalue weighted by Crippen LogP contribution is -2.36. The zero-order chi connectivity index (χ0) is 21.5. The summed E-state index contributed by atoms with van der Waals surface area (Å²) in [6, 6.07) is 4.93. The van der Waals surface area contributed by atoms with Crippen LogP contribution in [-0.4, -0.2) is 65.4 Å². The third kappa shape index (κ3) is 6.26. The number of aromatic nitrogens is 2. The Labute approximate surface area is 177 Å². The highest BCUT2D eigenvalue weighted by molar-refractivity contribution is 5.67. The molecule has 1 amide bonds. The highest BCUT2D eigenvalue weighted by Gasteiger charge is 2.20. The second-order valence-electron chi connectivity index (χ2n) is 8.23. The van der Waals surface area contributed by atoms with Crippen LogP contribution >= 0.6 is 0 Å². The first kappa shape index (κ1) is 22.2. The molecule has 7 nitrogen and oxygen atoms in total. The van der Waals surface area contributed by atoms with Gasteiger partial charge in [-0.1, -0.05) is 31.1 Å². The predicted octanol–water partition coefficient (Wildman–Crippen LogP) is 3.92. The van der Waals surface area contributed by atoms with Crippen molar-refractivity contribution in [1.29, 1.82) is 0 Å². The maximum absolute atomic E-state index is 13.7. The number of hydrogen-bond donors (Lipinski definition) is 0. The van der Waals surface area contributed by atoms with Crippen molar-refractivity contribution in [3.8, 4) is 11.4 Å². The van der Waals surface area contributed by atoms with Crippen LogP contribution in [0.2, 0.25) is 0 Å². The number of nitrogens with zero attached hydrogens (tertiary/aromatic N) is 4. The molecule has 164 valence electrons. The molecule has 0 aliphatic carbocycles. The molecule has 1 aliphatic heterocycles. The van der Waals surface area contributed by atoms with Crippen molar-refractivity contribution in [2.75, 3.05) is 39.3 Å². The second kappa shape index (κ2) is 10.5. The molecule has 30 heavy (non-hydrogen) atoms. The molecule has 1 aliphatic rings. The van der Waals surface area contributed by atoms with E-state index in [1.54, 1.807) is 24.0 Å². The number of halogens is 1. The molecule has 2 heterocycles. The van der Waals surface area contributed by atoms with Gasteiger partial charge >= 0.3 is 6.09 Å². The lowest BCUT2D eigenvalue weighted by molar-refractivity contribution is 0.0931.